The van der Waals surface area contributed by atoms with Crippen molar-refractivity contribution < 1.29 is 19.1 Å². The standard InChI is InChI=1S/C21H26N2O4S/c1-4-26-15-9-7-14(8-10-15)22-21(25)23-19-18(20(24)27-5-2)16-11-6-13(3)12-17(16)28-19/h7-10,13H,4-6,11-12H2,1-3H3,(H2,22,23,25). The van der Waals surface area contributed by atoms with E-state index in [4.69, 9.17) is 9.47 Å². The molecule has 1 unspecified atom stereocenters. The number of urea groups is 1. The number of hydrogen-bond donors (Lipinski definition) is 2. The molecule has 0 bridgehead atoms. The molecule has 3 rings (SSSR count). The number of esters is 1. The fourth-order valence-electron chi connectivity index (χ4n) is 3.32. The maximum Gasteiger partial charge on any atom is 0.341 e. The highest BCUT2D eigenvalue weighted by Crippen LogP contribution is 2.40. The Balaban J connectivity index is 1.77. The Hall–Kier alpha value is -2.54. The molecule has 1 heterocycles. The zero-order valence-corrected chi connectivity index (χ0v) is 17.3. The van der Waals surface area contributed by atoms with Crippen molar-refractivity contribution in [2.75, 3.05) is 23.8 Å². The minimum atomic E-state index is -0.388. The molecule has 1 aromatic heterocycles. The van der Waals surface area contributed by atoms with Crippen LogP contribution in [0.5, 0.6) is 5.75 Å². The lowest BCUT2D eigenvalue weighted by Crippen LogP contribution is -2.21. The van der Waals surface area contributed by atoms with Gasteiger partial charge >= 0.3 is 12.0 Å². The highest BCUT2D eigenvalue weighted by atomic mass is 32.1. The molecule has 0 fully saturated rings. The van der Waals surface area contributed by atoms with Crippen LogP contribution in [-0.4, -0.2) is 25.2 Å². The smallest absolute Gasteiger partial charge is 0.341 e. The molecule has 0 spiro atoms. The summed E-state index contributed by atoms with van der Waals surface area (Å²) >= 11 is 1.48. The zero-order chi connectivity index (χ0) is 20.1. The van der Waals surface area contributed by atoms with E-state index in [9.17, 15) is 9.59 Å². The summed E-state index contributed by atoms with van der Waals surface area (Å²) in [6.07, 6.45) is 2.80. The minimum absolute atomic E-state index is 0.303. The number of fused-ring (bicyclic) bond motifs is 1. The Bertz CT molecular complexity index is 845. The molecular weight excluding hydrogens is 376 g/mol. The highest BCUT2D eigenvalue weighted by molar-refractivity contribution is 7.17. The van der Waals surface area contributed by atoms with Crippen LogP contribution in [0, 0.1) is 5.92 Å². The summed E-state index contributed by atoms with van der Waals surface area (Å²) in [5.41, 5.74) is 2.18. The molecule has 6 nitrogen and oxygen atoms in total. The van der Waals surface area contributed by atoms with Crippen molar-refractivity contribution in [3.8, 4) is 5.75 Å². The van der Waals surface area contributed by atoms with E-state index in [2.05, 4.69) is 17.6 Å². The van der Waals surface area contributed by atoms with E-state index in [1.807, 2.05) is 6.92 Å². The first-order chi connectivity index (χ1) is 13.5. The Morgan fingerprint density at radius 2 is 1.89 bits per heavy atom. The van der Waals surface area contributed by atoms with Crippen molar-refractivity contribution in [2.24, 2.45) is 5.92 Å². The van der Waals surface area contributed by atoms with Crippen LogP contribution in [0.2, 0.25) is 0 Å². The first kappa shape index (κ1) is 20.2. The predicted octanol–water partition coefficient (Wildman–Crippen LogP) is 5.09. The molecular formula is C21H26N2O4S. The van der Waals surface area contributed by atoms with Crippen molar-refractivity contribution in [2.45, 2.75) is 40.0 Å². The number of benzene rings is 1. The highest BCUT2D eigenvalue weighted by Gasteiger charge is 2.29. The van der Waals surface area contributed by atoms with Gasteiger partial charge in [-0.1, -0.05) is 6.92 Å². The summed E-state index contributed by atoms with van der Waals surface area (Å²) < 4.78 is 10.6. The lowest BCUT2D eigenvalue weighted by molar-refractivity contribution is 0.0526. The summed E-state index contributed by atoms with van der Waals surface area (Å²) in [7, 11) is 0. The molecule has 2 N–H and O–H groups in total. The van der Waals surface area contributed by atoms with E-state index in [-0.39, 0.29) is 12.0 Å². The monoisotopic (exact) mass is 402 g/mol. The fourth-order valence-corrected chi connectivity index (χ4v) is 4.72. The molecule has 0 saturated heterocycles. The van der Waals surface area contributed by atoms with E-state index in [1.54, 1.807) is 31.2 Å². The second-order valence-corrected chi connectivity index (χ2v) is 7.92. The Morgan fingerprint density at radius 1 is 1.14 bits per heavy atom. The minimum Gasteiger partial charge on any atom is -0.494 e. The second-order valence-electron chi connectivity index (χ2n) is 6.81. The van der Waals surface area contributed by atoms with Gasteiger partial charge in [0.05, 0.1) is 18.8 Å². The van der Waals surface area contributed by atoms with Crippen LogP contribution in [0.1, 0.15) is 48.0 Å². The van der Waals surface area contributed by atoms with Crippen LogP contribution in [0.4, 0.5) is 15.5 Å². The molecule has 150 valence electrons. The summed E-state index contributed by atoms with van der Waals surface area (Å²) in [5, 5.41) is 6.20. The predicted molar refractivity (Wildman–Crippen MR) is 112 cm³/mol. The third-order valence-electron chi connectivity index (χ3n) is 4.64. The van der Waals surface area contributed by atoms with E-state index >= 15 is 0 Å². The maximum atomic E-state index is 12.5. The fraction of sp³-hybridized carbons (Fsp3) is 0.429. The number of amides is 2. The van der Waals surface area contributed by atoms with Crippen LogP contribution in [-0.2, 0) is 17.6 Å². The number of anilines is 2. The second kappa shape index (κ2) is 9.10. The van der Waals surface area contributed by atoms with Crippen LogP contribution in [0.3, 0.4) is 0 Å². The van der Waals surface area contributed by atoms with E-state index in [1.165, 1.54) is 11.3 Å². The van der Waals surface area contributed by atoms with Crippen LogP contribution in [0.25, 0.3) is 0 Å². The van der Waals surface area contributed by atoms with Crippen molar-refractivity contribution in [1.82, 2.24) is 0 Å². The summed E-state index contributed by atoms with van der Waals surface area (Å²) in [6.45, 7) is 6.80. The lowest BCUT2D eigenvalue weighted by Gasteiger charge is -2.18. The topological polar surface area (TPSA) is 76.7 Å². The SMILES string of the molecule is CCOC(=O)c1c(NC(=O)Nc2ccc(OCC)cc2)sc2c1CCC(C)C2. The number of rotatable bonds is 6. The van der Waals surface area contributed by atoms with Crippen LogP contribution < -0.4 is 15.4 Å². The molecule has 0 saturated carbocycles. The quantitative estimate of drug-likeness (QED) is 0.660. The molecule has 1 aliphatic carbocycles. The molecule has 1 aromatic carbocycles. The normalized spacial score (nSPS) is 15.5. The van der Waals surface area contributed by atoms with Gasteiger partial charge in [0.15, 0.2) is 0 Å². The Labute approximate surface area is 169 Å². The van der Waals surface area contributed by atoms with Crippen molar-refractivity contribution in [3.05, 3.63) is 40.3 Å². The van der Waals surface area contributed by atoms with Gasteiger partial charge in [-0.3, -0.25) is 5.32 Å². The number of thiophene rings is 1. The summed E-state index contributed by atoms with van der Waals surface area (Å²) in [6, 6.07) is 6.76. The van der Waals surface area contributed by atoms with Gasteiger partial charge in [0.25, 0.3) is 0 Å². The van der Waals surface area contributed by atoms with E-state index < -0.39 is 0 Å². The molecule has 7 heteroatoms. The molecule has 1 atom stereocenters. The maximum absolute atomic E-state index is 12.5. The molecule has 2 amide bonds. The number of hydrogen-bond acceptors (Lipinski definition) is 5. The molecule has 1 aliphatic rings. The third kappa shape index (κ3) is 4.65. The zero-order valence-electron chi connectivity index (χ0n) is 16.5. The van der Waals surface area contributed by atoms with Gasteiger partial charge < -0.3 is 14.8 Å². The van der Waals surface area contributed by atoms with Gasteiger partial charge in [-0.15, -0.1) is 11.3 Å². The molecule has 0 radical (unpaired) electrons. The third-order valence-corrected chi connectivity index (χ3v) is 5.81. The lowest BCUT2D eigenvalue weighted by atomic mass is 9.88. The Morgan fingerprint density at radius 3 is 2.57 bits per heavy atom. The van der Waals surface area contributed by atoms with Crippen molar-refractivity contribution in [3.63, 3.8) is 0 Å². The van der Waals surface area contributed by atoms with E-state index in [0.717, 1.165) is 35.5 Å². The van der Waals surface area contributed by atoms with Gasteiger partial charge in [0, 0.05) is 10.6 Å². The molecule has 2 aromatic rings. The van der Waals surface area contributed by atoms with E-state index in [0.29, 0.717) is 35.4 Å². The first-order valence-corrected chi connectivity index (χ1v) is 10.5. The van der Waals surface area contributed by atoms with Crippen LogP contribution in [0.15, 0.2) is 24.3 Å². The summed E-state index contributed by atoms with van der Waals surface area (Å²) in [5.74, 6) is 0.954. The van der Waals surface area contributed by atoms with Gasteiger partial charge in [0.1, 0.15) is 10.8 Å². The number of ether oxygens (including phenoxy) is 2. The number of carbonyl (C=O) groups is 2. The molecule has 0 aliphatic heterocycles. The first-order valence-electron chi connectivity index (χ1n) is 9.64. The van der Waals surface area contributed by atoms with Gasteiger partial charge in [-0.25, -0.2) is 9.59 Å². The largest absolute Gasteiger partial charge is 0.494 e. The number of carbonyl (C=O) groups excluding carboxylic acids is 2. The van der Waals surface area contributed by atoms with Crippen molar-refractivity contribution >= 4 is 34.0 Å². The van der Waals surface area contributed by atoms with Crippen LogP contribution >= 0.6 is 11.3 Å². The molecule has 28 heavy (non-hydrogen) atoms. The van der Waals surface area contributed by atoms with Gasteiger partial charge in [0.2, 0.25) is 0 Å². The van der Waals surface area contributed by atoms with Crippen molar-refractivity contribution in [1.29, 1.82) is 0 Å². The number of nitrogens with one attached hydrogen (secondary N) is 2. The average Bonchev–Trinajstić information content (AvgIpc) is 3.00. The Kier molecular flexibility index (Phi) is 6.57. The van der Waals surface area contributed by atoms with Gasteiger partial charge in [-0.2, -0.15) is 0 Å². The van der Waals surface area contributed by atoms with Gasteiger partial charge in [-0.05, 0) is 68.9 Å². The summed E-state index contributed by atoms with van der Waals surface area (Å²) in [4.78, 5) is 26.2. The average molecular weight is 403 g/mol.